The van der Waals surface area contributed by atoms with Crippen molar-refractivity contribution in [3.63, 3.8) is 0 Å². The van der Waals surface area contributed by atoms with Gasteiger partial charge >= 0.3 is 0 Å². The van der Waals surface area contributed by atoms with Gasteiger partial charge in [-0.2, -0.15) is 4.98 Å². The zero-order valence-electron chi connectivity index (χ0n) is 14.6. The Balaban J connectivity index is 1.41. The Labute approximate surface area is 159 Å². The molecule has 0 saturated heterocycles. The largest absolute Gasteiger partial charge is 0.345 e. The molecule has 7 nitrogen and oxygen atoms in total. The minimum atomic E-state index is -0.273. The van der Waals surface area contributed by atoms with Crippen molar-refractivity contribution >= 4 is 17.2 Å². The molecule has 1 amide bonds. The van der Waals surface area contributed by atoms with Crippen LogP contribution in [0.5, 0.6) is 0 Å². The van der Waals surface area contributed by atoms with Crippen molar-refractivity contribution in [2.45, 2.75) is 20.0 Å². The SMILES string of the molecule is CCn1cccc1-c1noc(CNC(=O)c2csc(-c3ccccc3)n2)n1. The maximum Gasteiger partial charge on any atom is 0.271 e. The molecule has 1 aromatic carbocycles. The van der Waals surface area contributed by atoms with Crippen molar-refractivity contribution in [1.82, 2.24) is 25.0 Å². The van der Waals surface area contributed by atoms with E-state index in [0.29, 0.717) is 17.4 Å². The molecule has 0 spiro atoms. The number of aromatic nitrogens is 4. The topological polar surface area (TPSA) is 85.8 Å². The second-order valence-corrected chi connectivity index (χ2v) is 6.64. The van der Waals surface area contributed by atoms with E-state index >= 15 is 0 Å². The molecule has 136 valence electrons. The van der Waals surface area contributed by atoms with Gasteiger partial charge in [0.15, 0.2) is 0 Å². The normalized spacial score (nSPS) is 10.9. The molecule has 3 aromatic heterocycles. The van der Waals surface area contributed by atoms with Crippen molar-refractivity contribution in [3.8, 4) is 22.1 Å². The van der Waals surface area contributed by atoms with E-state index < -0.39 is 0 Å². The van der Waals surface area contributed by atoms with Crippen LogP contribution in [-0.2, 0) is 13.1 Å². The summed E-state index contributed by atoms with van der Waals surface area (Å²) >= 11 is 1.43. The Morgan fingerprint density at radius 1 is 1.19 bits per heavy atom. The number of carbonyl (C=O) groups excluding carboxylic acids is 1. The summed E-state index contributed by atoms with van der Waals surface area (Å²) < 4.78 is 7.26. The van der Waals surface area contributed by atoms with Crippen molar-refractivity contribution in [2.24, 2.45) is 0 Å². The molecule has 4 rings (SSSR count). The van der Waals surface area contributed by atoms with E-state index in [1.807, 2.05) is 60.2 Å². The summed E-state index contributed by atoms with van der Waals surface area (Å²) in [6.07, 6.45) is 1.96. The summed E-state index contributed by atoms with van der Waals surface area (Å²) in [7, 11) is 0. The van der Waals surface area contributed by atoms with Gasteiger partial charge in [-0.25, -0.2) is 4.98 Å². The maximum absolute atomic E-state index is 12.3. The predicted molar refractivity (Wildman–Crippen MR) is 102 cm³/mol. The van der Waals surface area contributed by atoms with Crippen LogP contribution in [0.4, 0.5) is 0 Å². The highest BCUT2D eigenvalue weighted by Crippen LogP contribution is 2.23. The predicted octanol–water partition coefficient (Wildman–Crippen LogP) is 3.61. The van der Waals surface area contributed by atoms with Gasteiger partial charge in [-0.05, 0) is 19.1 Å². The number of amides is 1. The monoisotopic (exact) mass is 379 g/mol. The number of aryl methyl sites for hydroxylation is 1. The summed E-state index contributed by atoms with van der Waals surface area (Å²) in [5.74, 6) is 0.581. The second-order valence-electron chi connectivity index (χ2n) is 5.78. The quantitative estimate of drug-likeness (QED) is 0.553. The van der Waals surface area contributed by atoms with E-state index in [1.165, 1.54) is 11.3 Å². The van der Waals surface area contributed by atoms with Gasteiger partial charge in [0.25, 0.3) is 5.91 Å². The Hall–Kier alpha value is -3.26. The highest BCUT2D eigenvalue weighted by Gasteiger charge is 2.15. The van der Waals surface area contributed by atoms with Crippen LogP contribution in [0, 0.1) is 0 Å². The molecule has 27 heavy (non-hydrogen) atoms. The average Bonchev–Trinajstić information content (AvgIpc) is 3.46. The van der Waals surface area contributed by atoms with Crippen molar-refractivity contribution in [2.75, 3.05) is 0 Å². The number of benzene rings is 1. The number of thiazole rings is 1. The van der Waals surface area contributed by atoms with Gasteiger partial charge in [-0.3, -0.25) is 4.79 Å². The van der Waals surface area contributed by atoms with Crippen LogP contribution in [-0.4, -0.2) is 25.6 Å². The molecular formula is C19H17N5O2S. The number of hydrogen-bond donors (Lipinski definition) is 1. The number of nitrogens with one attached hydrogen (secondary N) is 1. The molecule has 0 bridgehead atoms. The lowest BCUT2D eigenvalue weighted by Crippen LogP contribution is -2.23. The Bertz CT molecular complexity index is 1050. The Kier molecular flexibility index (Phi) is 4.80. The third-order valence-corrected chi connectivity index (χ3v) is 4.92. The molecule has 0 aliphatic carbocycles. The van der Waals surface area contributed by atoms with Crippen LogP contribution < -0.4 is 5.32 Å². The average molecular weight is 379 g/mol. The zero-order chi connectivity index (χ0) is 18.6. The number of nitrogens with zero attached hydrogens (tertiary/aromatic N) is 4. The molecule has 0 saturated carbocycles. The van der Waals surface area contributed by atoms with Crippen LogP contribution >= 0.6 is 11.3 Å². The van der Waals surface area contributed by atoms with Crippen LogP contribution in [0.2, 0.25) is 0 Å². The van der Waals surface area contributed by atoms with E-state index in [1.54, 1.807) is 5.38 Å². The van der Waals surface area contributed by atoms with Crippen molar-refractivity contribution in [3.05, 3.63) is 65.6 Å². The molecule has 1 N–H and O–H groups in total. The first-order valence-corrected chi connectivity index (χ1v) is 9.40. The van der Waals surface area contributed by atoms with E-state index in [-0.39, 0.29) is 12.5 Å². The molecule has 0 unspecified atom stereocenters. The first kappa shape index (κ1) is 17.2. The minimum Gasteiger partial charge on any atom is -0.345 e. The standard InChI is InChI=1S/C19H17N5O2S/c1-2-24-10-6-9-15(24)17-22-16(26-23-17)11-20-18(25)14-12-27-19(21-14)13-7-4-3-5-8-13/h3-10,12H,2,11H2,1H3,(H,20,25). The fourth-order valence-corrected chi connectivity index (χ4v) is 3.47. The molecule has 0 atom stereocenters. The fourth-order valence-electron chi connectivity index (χ4n) is 2.66. The molecule has 3 heterocycles. The molecule has 4 aromatic rings. The van der Waals surface area contributed by atoms with Crippen LogP contribution in [0.1, 0.15) is 23.3 Å². The van der Waals surface area contributed by atoms with Crippen LogP contribution in [0.3, 0.4) is 0 Å². The zero-order valence-corrected chi connectivity index (χ0v) is 15.4. The lowest BCUT2D eigenvalue weighted by Gasteiger charge is -2.00. The molecule has 8 heteroatoms. The number of hydrogen-bond acceptors (Lipinski definition) is 6. The first-order valence-electron chi connectivity index (χ1n) is 8.52. The summed E-state index contributed by atoms with van der Waals surface area (Å²) in [6.45, 7) is 3.01. The summed E-state index contributed by atoms with van der Waals surface area (Å²) in [6, 6.07) is 13.6. The van der Waals surface area contributed by atoms with Gasteiger partial charge in [0, 0.05) is 23.7 Å². The van der Waals surface area contributed by atoms with E-state index in [2.05, 4.69) is 20.4 Å². The van der Waals surface area contributed by atoms with E-state index in [9.17, 15) is 4.79 Å². The number of carbonyl (C=O) groups is 1. The molecule has 0 radical (unpaired) electrons. The first-order chi connectivity index (χ1) is 13.2. The minimum absolute atomic E-state index is 0.150. The summed E-state index contributed by atoms with van der Waals surface area (Å²) in [4.78, 5) is 21.1. The highest BCUT2D eigenvalue weighted by molar-refractivity contribution is 7.13. The lowest BCUT2D eigenvalue weighted by molar-refractivity contribution is 0.0942. The van der Waals surface area contributed by atoms with Crippen molar-refractivity contribution in [1.29, 1.82) is 0 Å². The molecule has 0 aliphatic heterocycles. The summed E-state index contributed by atoms with van der Waals surface area (Å²) in [5, 5.41) is 9.31. The van der Waals surface area contributed by atoms with Gasteiger partial charge in [-0.15, -0.1) is 11.3 Å². The second kappa shape index (κ2) is 7.55. The maximum atomic E-state index is 12.3. The van der Waals surface area contributed by atoms with Gasteiger partial charge in [0.1, 0.15) is 10.7 Å². The van der Waals surface area contributed by atoms with Gasteiger partial charge < -0.3 is 14.4 Å². The molecule has 0 aliphatic rings. The van der Waals surface area contributed by atoms with E-state index in [4.69, 9.17) is 4.52 Å². The smallest absolute Gasteiger partial charge is 0.271 e. The summed E-state index contributed by atoms with van der Waals surface area (Å²) in [5.41, 5.74) is 2.24. The van der Waals surface area contributed by atoms with Gasteiger partial charge in [-0.1, -0.05) is 35.5 Å². The van der Waals surface area contributed by atoms with E-state index in [0.717, 1.165) is 22.8 Å². The lowest BCUT2D eigenvalue weighted by atomic mass is 10.2. The third-order valence-electron chi connectivity index (χ3n) is 4.03. The highest BCUT2D eigenvalue weighted by atomic mass is 32.1. The fraction of sp³-hybridized carbons (Fsp3) is 0.158. The Morgan fingerprint density at radius 2 is 2.04 bits per heavy atom. The van der Waals surface area contributed by atoms with Crippen LogP contribution in [0.25, 0.3) is 22.1 Å². The molecule has 0 fully saturated rings. The van der Waals surface area contributed by atoms with Crippen LogP contribution in [0.15, 0.2) is 58.6 Å². The van der Waals surface area contributed by atoms with Crippen molar-refractivity contribution < 1.29 is 9.32 Å². The molecular weight excluding hydrogens is 362 g/mol. The Morgan fingerprint density at radius 3 is 2.85 bits per heavy atom. The van der Waals surface area contributed by atoms with Gasteiger partial charge in [0.2, 0.25) is 11.7 Å². The third kappa shape index (κ3) is 3.65. The van der Waals surface area contributed by atoms with Gasteiger partial charge in [0.05, 0.1) is 12.2 Å². The number of rotatable bonds is 6.